The molecule has 1 aromatic carbocycles. The summed E-state index contributed by atoms with van der Waals surface area (Å²) in [4.78, 5) is 13.0. The van der Waals surface area contributed by atoms with Crippen LogP contribution in [0.1, 0.15) is 12.0 Å². The molecule has 2 rings (SSSR count). The van der Waals surface area contributed by atoms with E-state index in [2.05, 4.69) is 0 Å². The van der Waals surface area contributed by atoms with Crippen molar-refractivity contribution in [3.05, 3.63) is 28.8 Å². The van der Waals surface area contributed by atoms with Crippen LogP contribution in [0.2, 0.25) is 5.02 Å². The third-order valence-corrected chi connectivity index (χ3v) is 4.28. The summed E-state index contributed by atoms with van der Waals surface area (Å²) in [7, 11) is -4.69. The van der Waals surface area contributed by atoms with Gasteiger partial charge >= 0.3 is 10.2 Å². The minimum Gasteiger partial charge on any atom is -0.311 e. The molecule has 1 amide bonds. The van der Waals surface area contributed by atoms with E-state index in [0.29, 0.717) is 10.7 Å². The minimum absolute atomic E-state index is 0.153. The van der Waals surface area contributed by atoms with Crippen molar-refractivity contribution < 1.29 is 17.1 Å². The van der Waals surface area contributed by atoms with Crippen LogP contribution in [0.25, 0.3) is 0 Å². The van der Waals surface area contributed by atoms with Gasteiger partial charge in [0.15, 0.2) is 0 Å². The highest BCUT2D eigenvalue weighted by Crippen LogP contribution is 2.29. The molecule has 1 aliphatic heterocycles. The molecule has 0 aliphatic carbocycles. The molecule has 1 saturated heterocycles. The molecular formula is C11H11ClFNO3S. The van der Waals surface area contributed by atoms with E-state index in [4.69, 9.17) is 11.6 Å². The standard InChI is InChI=1S/C11H11ClFNO3S/c1-7-4-8(12)2-3-10(7)14-6-9(5-11(14)15)18(13,16)17/h2-4,9H,5-6H2,1H3. The van der Waals surface area contributed by atoms with Crippen LogP contribution in [0.15, 0.2) is 18.2 Å². The Morgan fingerprint density at radius 3 is 2.61 bits per heavy atom. The lowest BCUT2D eigenvalue weighted by molar-refractivity contribution is -0.117. The van der Waals surface area contributed by atoms with E-state index in [1.165, 1.54) is 4.90 Å². The molecule has 4 nitrogen and oxygen atoms in total. The lowest BCUT2D eigenvalue weighted by Crippen LogP contribution is -2.27. The van der Waals surface area contributed by atoms with Crippen LogP contribution in [0.3, 0.4) is 0 Å². The van der Waals surface area contributed by atoms with Crippen LogP contribution < -0.4 is 4.90 Å². The first kappa shape index (κ1) is 13.3. The van der Waals surface area contributed by atoms with Crippen LogP contribution in [0, 0.1) is 6.92 Å². The fraction of sp³-hybridized carbons (Fsp3) is 0.364. The SMILES string of the molecule is Cc1cc(Cl)ccc1N1CC(S(=O)(=O)F)CC1=O. The van der Waals surface area contributed by atoms with Crippen molar-refractivity contribution in [3.63, 3.8) is 0 Å². The smallest absolute Gasteiger partial charge is 0.307 e. The lowest BCUT2D eigenvalue weighted by atomic mass is 10.2. The molecular weight excluding hydrogens is 281 g/mol. The van der Waals surface area contributed by atoms with E-state index in [-0.39, 0.29) is 13.0 Å². The molecule has 98 valence electrons. The third kappa shape index (κ3) is 2.49. The number of amides is 1. The summed E-state index contributed by atoms with van der Waals surface area (Å²) in [5.74, 6) is -0.397. The minimum atomic E-state index is -4.69. The molecule has 0 saturated carbocycles. The maximum atomic E-state index is 12.9. The van der Waals surface area contributed by atoms with E-state index in [9.17, 15) is 17.1 Å². The normalized spacial score (nSPS) is 20.5. The second-order valence-electron chi connectivity index (χ2n) is 4.24. The molecule has 1 heterocycles. The van der Waals surface area contributed by atoms with Gasteiger partial charge < -0.3 is 4.90 Å². The van der Waals surface area contributed by atoms with Crippen molar-refractivity contribution in [1.29, 1.82) is 0 Å². The highest BCUT2D eigenvalue weighted by atomic mass is 35.5. The maximum Gasteiger partial charge on any atom is 0.307 e. The summed E-state index contributed by atoms with van der Waals surface area (Å²) in [5.41, 5.74) is 1.31. The van der Waals surface area contributed by atoms with E-state index in [0.717, 1.165) is 5.56 Å². The molecule has 0 N–H and O–H groups in total. The summed E-state index contributed by atoms with van der Waals surface area (Å²) in [5, 5.41) is -0.752. The van der Waals surface area contributed by atoms with Crippen LogP contribution >= 0.6 is 11.6 Å². The highest BCUT2D eigenvalue weighted by Gasteiger charge is 2.39. The second kappa shape index (κ2) is 4.51. The Bertz CT molecular complexity index is 602. The summed E-state index contributed by atoms with van der Waals surface area (Å²) in [6.45, 7) is 1.60. The molecule has 1 unspecified atom stereocenters. The van der Waals surface area contributed by atoms with Gasteiger partial charge in [-0.3, -0.25) is 4.79 Å². The van der Waals surface area contributed by atoms with Crippen molar-refractivity contribution in [3.8, 4) is 0 Å². The molecule has 18 heavy (non-hydrogen) atoms. The molecule has 1 atom stereocenters. The van der Waals surface area contributed by atoms with Gasteiger partial charge in [-0.25, -0.2) is 0 Å². The van der Waals surface area contributed by atoms with Crippen molar-refractivity contribution in [2.24, 2.45) is 0 Å². The van der Waals surface area contributed by atoms with Gasteiger partial charge in [0.1, 0.15) is 5.25 Å². The molecule has 1 aliphatic rings. The van der Waals surface area contributed by atoms with Gasteiger partial charge in [0.2, 0.25) is 5.91 Å². The average molecular weight is 292 g/mol. The number of carbonyl (C=O) groups excluding carboxylic acids is 1. The predicted molar refractivity (Wildman–Crippen MR) is 67.0 cm³/mol. The Labute approximate surface area is 110 Å². The molecule has 1 aromatic rings. The molecule has 1 fully saturated rings. The summed E-state index contributed by atoms with van der Waals surface area (Å²) >= 11 is 5.80. The zero-order valence-corrected chi connectivity index (χ0v) is 11.1. The first-order valence-electron chi connectivity index (χ1n) is 5.29. The number of carbonyl (C=O) groups is 1. The molecule has 0 radical (unpaired) electrons. The zero-order valence-electron chi connectivity index (χ0n) is 9.56. The average Bonchev–Trinajstić information content (AvgIpc) is 2.60. The molecule has 0 aromatic heterocycles. The van der Waals surface area contributed by atoms with Crippen molar-refractivity contribution in [2.75, 3.05) is 11.4 Å². The van der Waals surface area contributed by atoms with Crippen molar-refractivity contribution in [1.82, 2.24) is 0 Å². The van der Waals surface area contributed by atoms with Gasteiger partial charge in [0.05, 0.1) is 0 Å². The number of benzene rings is 1. The van der Waals surface area contributed by atoms with E-state index < -0.39 is 21.4 Å². The summed E-state index contributed by atoms with van der Waals surface area (Å²) in [6, 6.07) is 4.90. The Balaban J connectivity index is 2.33. The van der Waals surface area contributed by atoms with E-state index in [1.807, 2.05) is 0 Å². The number of halogens is 2. The fourth-order valence-electron chi connectivity index (χ4n) is 2.02. The monoisotopic (exact) mass is 291 g/mol. The summed E-state index contributed by atoms with van der Waals surface area (Å²) in [6.07, 6.45) is -0.319. The number of hydrogen-bond donors (Lipinski definition) is 0. The quantitative estimate of drug-likeness (QED) is 0.784. The fourth-order valence-corrected chi connectivity index (χ4v) is 2.91. The number of nitrogens with zero attached hydrogens (tertiary/aromatic N) is 1. The van der Waals surface area contributed by atoms with Gasteiger partial charge in [-0.2, -0.15) is 8.42 Å². The topological polar surface area (TPSA) is 54.5 Å². The van der Waals surface area contributed by atoms with Gasteiger partial charge in [-0.15, -0.1) is 3.89 Å². The van der Waals surface area contributed by atoms with Crippen LogP contribution in [0.5, 0.6) is 0 Å². The van der Waals surface area contributed by atoms with Gasteiger partial charge in [0, 0.05) is 23.7 Å². The lowest BCUT2D eigenvalue weighted by Gasteiger charge is -2.18. The Morgan fingerprint density at radius 2 is 2.11 bits per heavy atom. The van der Waals surface area contributed by atoms with Crippen molar-refractivity contribution in [2.45, 2.75) is 18.6 Å². The van der Waals surface area contributed by atoms with Gasteiger partial charge in [-0.05, 0) is 30.7 Å². The Hall–Kier alpha value is -1.14. The number of aryl methyl sites for hydroxylation is 1. The Morgan fingerprint density at radius 1 is 1.44 bits per heavy atom. The highest BCUT2D eigenvalue weighted by molar-refractivity contribution is 7.87. The van der Waals surface area contributed by atoms with Gasteiger partial charge in [0.25, 0.3) is 0 Å². The van der Waals surface area contributed by atoms with Crippen LogP contribution in [-0.4, -0.2) is 26.1 Å². The Kier molecular flexibility index (Phi) is 3.33. The number of hydrogen-bond acceptors (Lipinski definition) is 3. The molecule has 7 heteroatoms. The largest absolute Gasteiger partial charge is 0.311 e. The van der Waals surface area contributed by atoms with Crippen LogP contribution in [-0.2, 0) is 15.0 Å². The third-order valence-electron chi connectivity index (χ3n) is 2.94. The number of anilines is 1. The first-order chi connectivity index (χ1) is 8.29. The predicted octanol–water partition coefficient (Wildman–Crippen LogP) is 2.05. The second-order valence-corrected chi connectivity index (χ2v) is 6.29. The van der Waals surface area contributed by atoms with Crippen LogP contribution in [0.4, 0.5) is 9.57 Å². The molecule has 0 spiro atoms. The first-order valence-corrected chi connectivity index (χ1v) is 7.11. The number of rotatable bonds is 2. The summed E-state index contributed by atoms with van der Waals surface area (Å²) < 4.78 is 34.6. The maximum absolute atomic E-state index is 12.9. The zero-order chi connectivity index (χ0) is 13.5. The molecule has 0 bridgehead atoms. The van der Waals surface area contributed by atoms with Gasteiger partial charge in [-0.1, -0.05) is 11.6 Å². The van der Waals surface area contributed by atoms with Crippen molar-refractivity contribution >= 4 is 33.4 Å². The van der Waals surface area contributed by atoms with E-state index >= 15 is 0 Å². The van der Waals surface area contributed by atoms with E-state index in [1.54, 1.807) is 25.1 Å².